The van der Waals surface area contributed by atoms with Crippen LogP contribution in [0.2, 0.25) is 0 Å². The highest BCUT2D eigenvalue weighted by molar-refractivity contribution is 6.35. The number of rotatable bonds is 12. The molecule has 0 aliphatic carbocycles. The van der Waals surface area contributed by atoms with Crippen molar-refractivity contribution in [1.82, 2.24) is 25.3 Å². The summed E-state index contributed by atoms with van der Waals surface area (Å²) in [5.41, 5.74) is 6.21. The molecule has 0 atom stereocenters. The molecule has 14 nitrogen and oxygen atoms in total. The van der Waals surface area contributed by atoms with Crippen molar-refractivity contribution >= 4 is 66.0 Å². The van der Waals surface area contributed by atoms with E-state index < -0.39 is 23.1 Å². The summed E-state index contributed by atoms with van der Waals surface area (Å²) >= 11 is 0. The van der Waals surface area contributed by atoms with Gasteiger partial charge in [0, 0.05) is 49.8 Å². The van der Waals surface area contributed by atoms with Crippen molar-refractivity contribution in [2.24, 2.45) is 11.1 Å². The molecule has 0 spiro atoms. The Kier molecular flexibility index (Phi) is 8.85. The van der Waals surface area contributed by atoms with Crippen molar-refractivity contribution in [3.8, 4) is 0 Å². The average Bonchev–Trinajstić information content (AvgIpc) is 3.59. The van der Waals surface area contributed by atoms with E-state index in [1.807, 2.05) is 13.9 Å². The number of benzene rings is 1. The molecule has 3 aromatic rings. The van der Waals surface area contributed by atoms with Gasteiger partial charge in [0.15, 0.2) is 0 Å². The molecule has 1 aliphatic heterocycles. The molecule has 0 saturated carbocycles. The van der Waals surface area contributed by atoms with Crippen molar-refractivity contribution in [2.75, 3.05) is 40.5 Å². The molecule has 0 unspecified atom stereocenters. The molecule has 1 aromatic carbocycles. The molecule has 0 bridgehead atoms. The zero-order valence-corrected chi connectivity index (χ0v) is 23.2. The second-order valence-corrected chi connectivity index (χ2v) is 10.2. The number of aromatic nitrogens is 4. The van der Waals surface area contributed by atoms with Gasteiger partial charge in [0.2, 0.25) is 29.6 Å². The first-order valence-corrected chi connectivity index (χ1v) is 13.2. The largest absolute Gasteiger partial charge is 0.370 e. The van der Waals surface area contributed by atoms with Gasteiger partial charge in [-0.25, -0.2) is 9.97 Å². The Labute approximate surface area is 237 Å². The molecule has 1 saturated heterocycles. The minimum Gasteiger partial charge on any atom is -0.370 e. The van der Waals surface area contributed by atoms with Crippen molar-refractivity contribution in [3.63, 3.8) is 0 Å². The molecule has 0 radical (unpaired) electrons. The lowest BCUT2D eigenvalue weighted by Crippen LogP contribution is -2.46. The van der Waals surface area contributed by atoms with Gasteiger partial charge in [-0.3, -0.25) is 24.1 Å². The Morgan fingerprint density at radius 2 is 1.95 bits per heavy atom. The standard InChI is InChI=1S/C26H33BN10O4/c1-26(2,22(28)40)23(41)30-10-5-9-29-20-17(27)13-31-24(36-20)34-16-7-3-6-15(12-16)33-21(39)18-14-32-25(35-18)37-11-4-8-19(37)38/h3,6-7,12-14H,4-5,8-11,27H2,1-2H3,(H2,28,40)(H,30,41)(H,32,35)(H,33,39)(H2,29,31,34,36). The highest BCUT2D eigenvalue weighted by Gasteiger charge is 2.33. The van der Waals surface area contributed by atoms with Crippen LogP contribution in [-0.2, 0) is 14.4 Å². The Bertz CT molecular complexity index is 1460. The van der Waals surface area contributed by atoms with Crippen LogP contribution < -0.4 is 37.4 Å². The number of primary amides is 1. The molecule has 4 rings (SSSR count). The van der Waals surface area contributed by atoms with E-state index in [4.69, 9.17) is 5.73 Å². The van der Waals surface area contributed by atoms with Gasteiger partial charge in [-0.15, -0.1) is 0 Å². The Morgan fingerprint density at radius 1 is 1.17 bits per heavy atom. The quantitative estimate of drug-likeness (QED) is 0.100. The maximum Gasteiger partial charge on any atom is 0.275 e. The van der Waals surface area contributed by atoms with Gasteiger partial charge in [-0.1, -0.05) is 6.07 Å². The lowest BCUT2D eigenvalue weighted by atomic mass is 9.91. The molecule has 3 heterocycles. The number of H-pyrrole nitrogens is 1. The molecule has 2 aromatic heterocycles. The topological polar surface area (TPSA) is 200 Å². The van der Waals surface area contributed by atoms with E-state index in [0.717, 1.165) is 11.9 Å². The van der Waals surface area contributed by atoms with E-state index in [9.17, 15) is 19.2 Å². The second kappa shape index (κ2) is 12.5. The normalized spacial score (nSPS) is 13.1. The van der Waals surface area contributed by atoms with Gasteiger partial charge in [0.1, 0.15) is 24.8 Å². The zero-order chi connectivity index (χ0) is 29.6. The third-order valence-corrected chi connectivity index (χ3v) is 6.59. The predicted molar refractivity (Wildman–Crippen MR) is 157 cm³/mol. The number of carbonyl (C=O) groups excluding carboxylic acids is 4. The Balaban J connectivity index is 1.30. The summed E-state index contributed by atoms with van der Waals surface area (Å²) in [5.74, 6) is -0.181. The maximum atomic E-state index is 12.7. The van der Waals surface area contributed by atoms with Crippen LogP contribution in [0.5, 0.6) is 0 Å². The molecular weight excluding hydrogens is 527 g/mol. The summed E-state index contributed by atoms with van der Waals surface area (Å²) in [6.07, 6.45) is 4.99. The highest BCUT2D eigenvalue weighted by Crippen LogP contribution is 2.21. The lowest BCUT2D eigenvalue weighted by Gasteiger charge is -2.19. The van der Waals surface area contributed by atoms with E-state index in [0.29, 0.717) is 61.6 Å². The second-order valence-electron chi connectivity index (χ2n) is 10.2. The van der Waals surface area contributed by atoms with Crippen molar-refractivity contribution in [2.45, 2.75) is 33.1 Å². The average molecular weight is 560 g/mol. The summed E-state index contributed by atoms with van der Waals surface area (Å²) in [6, 6.07) is 7.07. The molecular formula is C26H33BN10O4. The van der Waals surface area contributed by atoms with Crippen LogP contribution in [-0.4, -0.2) is 71.0 Å². The number of anilines is 5. The van der Waals surface area contributed by atoms with E-state index in [1.165, 1.54) is 24.9 Å². The number of nitrogens with two attached hydrogens (primary N) is 1. The third-order valence-electron chi connectivity index (χ3n) is 6.59. The monoisotopic (exact) mass is 560 g/mol. The third kappa shape index (κ3) is 7.18. The zero-order valence-electron chi connectivity index (χ0n) is 23.2. The first-order valence-electron chi connectivity index (χ1n) is 13.2. The summed E-state index contributed by atoms with van der Waals surface area (Å²) in [5, 5.41) is 11.9. The number of nitrogens with one attached hydrogen (secondary N) is 5. The summed E-state index contributed by atoms with van der Waals surface area (Å²) < 4.78 is 0. The number of hydrogen-bond acceptors (Lipinski definition) is 9. The molecule has 214 valence electrons. The minimum absolute atomic E-state index is 0.0172. The van der Waals surface area contributed by atoms with E-state index >= 15 is 0 Å². The van der Waals surface area contributed by atoms with Gasteiger partial charge in [0.05, 0.1) is 0 Å². The van der Waals surface area contributed by atoms with Crippen molar-refractivity contribution in [3.05, 3.63) is 42.4 Å². The molecule has 41 heavy (non-hydrogen) atoms. The van der Waals surface area contributed by atoms with Gasteiger partial charge < -0.3 is 32.0 Å². The molecule has 1 aliphatic rings. The lowest BCUT2D eigenvalue weighted by molar-refractivity contribution is -0.139. The van der Waals surface area contributed by atoms with Crippen LogP contribution in [0, 0.1) is 5.41 Å². The number of hydrogen-bond donors (Lipinski definition) is 6. The number of amides is 4. The molecule has 4 amide bonds. The first-order chi connectivity index (χ1) is 19.5. The fourth-order valence-electron chi connectivity index (χ4n) is 3.95. The van der Waals surface area contributed by atoms with Crippen LogP contribution in [0.15, 0.2) is 36.7 Å². The maximum absolute atomic E-state index is 12.7. The van der Waals surface area contributed by atoms with Crippen LogP contribution in [0.25, 0.3) is 0 Å². The Hall–Kier alpha value is -4.95. The smallest absolute Gasteiger partial charge is 0.275 e. The van der Waals surface area contributed by atoms with E-state index in [-0.39, 0.29) is 11.6 Å². The number of carbonyl (C=O) groups is 4. The summed E-state index contributed by atoms with van der Waals surface area (Å²) in [4.78, 5) is 65.8. The molecule has 15 heteroatoms. The van der Waals surface area contributed by atoms with Gasteiger partial charge >= 0.3 is 0 Å². The fraction of sp³-hybridized carbons (Fsp3) is 0.346. The van der Waals surface area contributed by atoms with Gasteiger partial charge in [-0.2, -0.15) is 4.98 Å². The Morgan fingerprint density at radius 3 is 2.68 bits per heavy atom. The molecule has 7 N–H and O–H groups in total. The number of aromatic amines is 1. The van der Waals surface area contributed by atoms with E-state index in [2.05, 4.69) is 41.2 Å². The first kappa shape index (κ1) is 29.0. The SMILES string of the molecule is Bc1cnc(Nc2cccc(NC(=O)c3c[nH]c(N4CCCC4=O)n3)c2)nc1NCCCNC(=O)C(C)(C)C(N)=O. The van der Waals surface area contributed by atoms with Crippen LogP contribution >= 0.6 is 0 Å². The van der Waals surface area contributed by atoms with Gasteiger partial charge in [0.25, 0.3) is 5.91 Å². The highest BCUT2D eigenvalue weighted by atomic mass is 16.2. The van der Waals surface area contributed by atoms with Crippen molar-refractivity contribution < 1.29 is 19.2 Å². The minimum atomic E-state index is -1.27. The fourth-order valence-corrected chi connectivity index (χ4v) is 3.95. The van der Waals surface area contributed by atoms with Gasteiger partial charge in [-0.05, 0) is 50.4 Å². The summed E-state index contributed by atoms with van der Waals surface area (Å²) in [7, 11) is 1.87. The summed E-state index contributed by atoms with van der Waals surface area (Å²) in [6.45, 7) is 4.44. The van der Waals surface area contributed by atoms with Crippen LogP contribution in [0.1, 0.15) is 43.6 Å². The predicted octanol–water partition coefficient (Wildman–Crippen LogP) is 0.0105. The number of nitrogens with zero attached hydrogens (tertiary/aromatic N) is 4. The van der Waals surface area contributed by atoms with E-state index in [1.54, 1.807) is 24.4 Å². The number of imidazole rings is 1. The van der Waals surface area contributed by atoms with Crippen molar-refractivity contribution in [1.29, 1.82) is 0 Å². The molecule has 1 fully saturated rings. The van der Waals surface area contributed by atoms with Crippen LogP contribution in [0.3, 0.4) is 0 Å². The van der Waals surface area contributed by atoms with Crippen LogP contribution in [0.4, 0.5) is 29.1 Å².